The van der Waals surface area contributed by atoms with Gasteiger partial charge in [0.25, 0.3) is 5.22 Å². The van der Waals surface area contributed by atoms with Crippen molar-refractivity contribution in [3.8, 4) is 17.2 Å². The molecule has 0 aliphatic carbocycles. The molecular weight excluding hydrogens is 308 g/mol. The Hall–Kier alpha value is -2.27. The lowest BCUT2D eigenvalue weighted by molar-refractivity contribution is 0.414. The van der Waals surface area contributed by atoms with Crippen LogP contribution in [0.2, 0.25) is 0 Å². The maximum atomic E-state index is 5.70. The number of hydrogen-bond acceptors (Lipinski definition) is 5. The van der Waals surface area contributed by atoms with E-state index < -0.39 is 0 Å². The number of thioether (sulfide) groups is 1. The summed E-state index contributed by atoms with van der Waals surface area (Å²) >= 11 is 1.60. The summed E-state index contributed by atoms with van der Waals surface area (Å²) in [6, 6.07) is 18.1. The van der Waals surface area contributed by atoms with Crippen molar-refractivity contribution in [2.75, 3.05) is 12.9 Å². The van der Waals surface area contributed by atoms with Crippen molar-refractivity contribution < 1.29 is 9.15 Å². The highest BCUT2D eigenvalue weighted by Gasteiger charge is 2.09. The number of rotatable bonds is 7. The van der Waals surface area contributed by atoms with Crippen molar-refractivity contribution in [2.24, 2.45) is 0 Å². The van der Waals surface area contributed by atoms with Gasteiger partial charge in [0.15, 0.2) is 0 Å². The molecule has 1 aromatic heterocycles. The third-order valence-corrected chi connectivity index (χ3v) is 4.33. The molecule has 1 heterocycles. The van der Waals surface area contributed by atoms with Gasteiger partial charge in [0.2, 0.25) is 5.89 Å². The van der Waals surface area contributed by atoms with Gasteiger partial charge in [-0.2, -0.15) is 0 Å². The van der Waals surface area contributed by atoms with Gasteiger partial charge in [-0.3, -0.25) is 0 Å². The van der Waals surface area contributed by atoms with Crippen molar-refractivity contribution in [2.45, 2.75) is 18.1 Å². The van der Waals surface area contributed by atoms with Crippen molar-refractivity contribution in [3.05, 3.63) is 60.2 Å². The van der Waals surface area contributed by atoms with Gasteiger partial charge in [0, 0.05) is 11.3 Å². The molecule has 23 heavy (non-hydrogen) atoms. The number of benzene rings is 2. The molecule has 4 nitrogen and oxygen atoms in total. The van der Waals surface area contributed by atoms with Crippen LogP contribution in [-0.2, 0) is 6.42 Å². The average Bonchev–Trinajstić information content (AvgIpc) is 3.09. The molecule has 0 fully saturated rings. The number of ether oxygens (including phenoxy) is 1. The molecule has 0 aliphatic rings. The molecule has 0 aliphatic heterocycles. The van der Waals surface area contributed by atoms with Gasteiger partial charge in [0.1, 0.15) is 5.75 Å². The van der Waals surface area contributed by atoms with E-state index in [-0.39, 0.29) is 0 Å². The molecule has 0 radical (unpaired) electrons. The summed E-state index contributed by atoms with van der Waals surface area (Å²) in [5, 5.41) is 8.81. The summed E-state index contributed by atoms with van der Waals surface area (Å²) in [5.74, 6) is 2.31. The first-order valence-electron chi connectivity index (χ1n) is 7.50. The van der Waals surface area contributed by atoms with Gasteiger partial charge in [-0.1, -0.05) is 42.1 Å². The molecular formula is C18H18N2O2S. The molecule has 5 heteroatoms. The summed E-state index contributed by atoms with van der Waals surface area (Å²) in [5.41, 5.74) is 2.26. The molecule has 0 amide bonds. The SMILES string of the molecule is COc1ccc(-c2nnc(SCCCc3ccccc3)o2)cc1. The zero-order chi connectivity index (χ0) is 15.9. The Balaban J connectivity index is 1.51. The van der Waals surface area contributed by atoms with Crippen LogP contribution in [0, 0.1) is 0 Å². The molecule has 0 bridgehead atoms. The standard InChI is InChI=1S/C18H18N2O2S/c1-21-16-11-9-15(10-12-16)17-19-20-18(22-17)23-13-5-8-14-6-3-2-4-7-14/h2-4,6-7,9-12H,5,8,13H2,1H3. The molecule has 3 aromatic rings. The van der Waals surface area contributed by atoms with Crippen LogP contribution in [-0.4, -0.2) is 23.1 Å². The molecule has 3 rings (SSSR count). The highest BCUT2D eigenvalue weighted by atomic mass is 32.2. The summed E-state index contributed by atoms with van der Waals surface area (Å²) < 4.78 is 10.8. The largest absolute Gasteiger partial charge is 0.497 e. The van der Waals surface area contributed by atoms with E-state index in [4.69, 9.17) is 9.15 Å². The molecule has 0 atom stereocenters. The fraction of sp³-hybridized carbons (Fsp3) is 0.222. The maximum absolute atomic E-state index is 5.70. The summed E-state index contributed by atoms with van der Waals surface area (Å²) in [6.45, 7) is 0. The van der Waals surface area contributed by atoms with Gasteiger partial charge in [-0.25, -0.2) is 0 Å². The molecule has 0 N–H and O–H groups in total. The highest BCUT2D eigenvalue weighted by molar-refractivity contribution is 7.99. The van der Waals surface area contributed by atoms with Crippen LogP contribution < -0.4 is 4.74 Å². The minimum absolute atomic E-state index is 0.540. The minimum Gasteiger partial charge on any atom is -0.497 e. The van der Waals surface area contributed by atoms with Crippen molar-refractivity contribution >= 4 is 11.8 Å². The summed E-state index contributed by atoms with van der Waals surface area (Å²) in [4.78, 5) is 0. The van der Waals surface area contributed by atoms with Crippen LogP contribution in [0.25, 0.3) is 11.5 Å². The fourth-order valence-electron chi connectivity index (χ4n) is 2.20. The first-order valence-corrected chi connectivity index (χ1v) is 8.48. The Morgan fingerprint density at radius 3 is 2.52 bits per heavy atom. The van der Waals surface area contributed by atoms with Gasteiger partial charge >= 0.3 is 0 Å². The first-order chi connectivity index (χ1) is 11.3. The van der Waals surface area contributed by atoms with E-state index in [1.54, 1.807) is 18.9 Å². The van der Waals surface area contributed by atoms with E-state index in [0.29, 0.717) is 11.1 Å². The van der Waals surface area contributed by atoms with Crippen LogP contribution in [0.4, 0.5) is 0 Å². The average molecular weight is 326 g/mol. The zero-order valence-corrected chi connectivity index (χ0v) is 13.8. The van der Waals surface area contributed by atoms with Crippen molar-refractivity contribution in [3.63, 3.8) is 0 Å². The Morgan fingerprint density at radius 1 is 1.00 bits per heavy atom. The van der Waals surface area contributed by atoms with Gasteiger partial charge < -0.3 is 9.15 Å². The predicted octanol–water partition coefficient (Wildman–Crippen LogP) is 4.47. The first kappa shape index (κ1) is 15.6. The topological polar surface area (TPSA) is 48.2 Å². The Kier molecular flexibility index (Phi) is 5.32. The molecule has 0 spiro atoms. The Bertz CT molecular complexity index is 726. The number of hydrogen-bond donors (Lipinski definition) is 0. The second-order valence-corrected chi connectivity index (χ2v) is 6.09. The van der Waals surface area contributed by atoms with E-state index >= 15 is 0 Å². The smallest absolute Gasteiger partial charge is 0.276 e. The Morgan fingerprint density at radius 2 is 1.78 bits per heavy atom. The lowest BCUT2D eigenvalue weighted by Crippen LogP contribution is -1.87. The Labute approximate surface area is 139 Å². The van der Waals surface area contributed by atoms with Crippen LogP contribution in [0.15, 0.2) is 64.2 Å². The fourth-order valence-corrected chi connectivity index (χ4v) is 2.90. The van der Waals surface area contributed by atoms with E-state index in [1.165, 1.54) is 5.56 Å². The number of aryl methyl sites for hydroxylation is 1. The molecule has 0 saturated heterocycles. The van der Waals surface area contributed by atoms with E-state index in [0.717, 1.165) is 29.9 Å². The lowest BCUT2D eigenvalue weighted by Gasteiger charge is -2.00. The third-order valence-electron chi connectivity index (χ3n) is 3.42. The van der Waals surface area contributed by atoms with Crippen LogP contribution in [0.1, 0.15) is 12.0 Å². The normalized spacial score (nSPS) is 10.7. The number of nitrogens with zero attached hydrogens (tertiary/aromatic N) is 2. The molecule has 2 aromatic carbocycles. The lowest BCUT2D eigenvalue weighted by atomic mass is 10.1. The van der Waals surface area contributed by atoms with E-state index in [9.17, 15) is 0 Å². The molecule has 0 unspecified atom stereocenters. The zero-order valence-electron chi connectivity index (χ0n) is 12.9. The van der Waals surface area contributed by atoms with Gasteiger partial charge in [-0.15, -0.1) is 10.2 Å². The molecule has 0 saturated carbocycles. The van der Waals surface area contributed by atoms with Crippen molar-refractivity contribution in [1.29, 1.82) is 0 Å². The third kappa shape index (κ3) is 4.36. The van der Waals surface area contributed by atoms with E-state index in [2.05, 4.69) is 34.5 Å². The van der Waals surface area contributed by atoms with Gasteiger partial charge in [0.05, 0.1) is 7.11 Å². The second kappa shape index (κ2) is 7.83. The van der Waals surface area contributed by atoms with Crippen LogP contribution in [0.3, 0.4) is 0 Å². The summed E-state index contributed by atoms with van der Waals surface area (Å²) in [6.07, 6.45) is 2.14. The van der Waals surface area contributed by atoms with Crippen LogP contribution in [0.5, 0.6) is 5.75 Å². The van der Waals surface area contributed by atoms with E-state index in [1.807, 2.05) is 30.3 Å². The summed E-state index contributed by atoms with van der Waals surface area (Å²) in [7, 11) is 1.64. The number of methoxy groups -OCH3 is 1. The quantitative estimate of drug-likeness (QED) is 0.473. The highest BCUT2D eigenvalue weighted by Crippen LogP contribution is 2.25. The number of aromatic nitrogens is 2. The monoisotopic (exact) mass is 326 g/mol. The maximum Gasteiger partial charge on any atom is 0.276 e. The second-order valence-electron chi connectivity index (χ2n) is 5.04. The predicted molar refractivity (Wildman–Crippen MR) is 91.8 cm³/mol. The van der Waals surface area contributed by atoms with Crippen LogP contribution >= 0.6 is 11.8 Å². The molecule has 118 valence electrons. The van der Waals surface area contributed by atoms with Crippen molar-refractivity contribution in [1.82, 2.24) is 10.2 Å². The minimum atomic E-state index is 0.540. The van der Waals surface area contributed by atoms with Gasteiger partial charge in [-0.05, 0) is 42.7 Å².